The second-order valence-electron chi connectivity index (χ2n) is 13.8. The van der Waals surface area contributed by atoms with Crippen LogP contribution in [-0.2, 0) is 5.41 Å². The van der Waals surface area contributed by atoms with E-state index in [1.54, 1.807) is 0 Å². The quantitative estimate of drug-likeness (QED) is 0.176. The zero-order chi connectivity index (χ0) is 35.4. The minimum atomic E-state index is -0.476. The summed E-state index contributed by atoms with van der Waals surface area (Å²) in [7, 11) is 0. The Morgan fingerprint density at radius 1 is 0.660 bits per heavy atom. The van der Waals surface area contributed by atoms with Crippen molar-refractivity contribution in [2.45, 2.75) is 18.3 Å². The summed E-state index contributed by atoms with van der Waals surface area (Å²) < 4.78 is 2.27. The molecule has 0 fully saturated rings. The first-order valence-corrected chi connectivity index (χ1v) is 18.1. The van der Waals surface area contributed by atoms with Crippen molar-refractivity contribution in [3.8, 4) is 11.8 Å². The van der Waals surface area contributed by atoms with Crippen molar-refractivity contribution in [1.29, 1.82) is 5.26 Å². The highest BCUT2D eigenvalue weighted by Crippen LogP contribution is 2.58. The van der Waals surface area contributed by atoms with Crippen LogP contribution in [0.3, 0.4) is 0 Å². The minimum absolute atomic E-state index is 0.476. The minimum Gasteiger partial charge on any atom is -0.310 e. The van der Waals surface area contributed by atoms with Gasteiger partial charge in [-0.2, -0.15) is 5.26 Å². The lowest BCUT2D eigenvalue weighted by molar-refractivity contribution is 0.756. The number of para-hydroxylation sites is 1. The van der Waals surface area contributed by atoms with Crippen LogP contribution >= 0.6 is 0 Å². The highest BCUT2D eigenvalue weighted by atomic mass is 15.1. The van der Waals surface area contributed by atoms with Gasteiger partial charge in [0.05, 0.1) is 22.6 Å². The Labute approximate surface area is 309 Å². The zero-order valence-corrected chi connectivity index (χ0v) is 29.0. The molecule has 53 heavy (non-hydrogen) atoms. The number of rotatable bonds is 6. The number of hydrogen-bond donors (Lipinski definition) is 0. The van der Waals surface area contributed by atoms with Crippen molar-refractivity contribution in [3.63, 3.8) is 0 Å². The summed E-state index contributed by atoms with van der Waals surface area (Å²) in [5.74, 6) is 0. The van der Waals surface area contributed by atoms with E-state index in [0.29, 0.717) is 5.56 Å². The molecular formula is C50H33N3. The molecule has 0 amide bonds. The Morgan fingerprint density at radius 3 is 2.04 bits per heavy atom. The fourth-order valence-electron chi connectivity index (χ4n) is 8.80. The number of benzene rings is 6. The molecule has 2 aliphatic rings. The molecule has 0 atom stereocenters. The van der Waals surface area contributed by atoms with Crippen LogP contribution in [0.5, 0.6) is 0 Å². The maximum Gasteiger partial charge on any atom is 0.105 e. The van der Waals surface area contributed by atoms with Gasteiger partial charge in [-0.05, 0) is 131 Å². The Balaban J connectivity index is 1.23. The predicted octanol–water partition coefficient (Wildman–Crippen LogP) is 12.2. The molecule has 7 aromatic carbocycles. The standard InChI is InChI=1S/C50H33N3/c51-34-35-24-26-39(27-25-35)52(40-29-31-49-45(32-40)44-21-11-13-23-48(44)53(49)38-18-8-3-9-19-38)41-28-30-43-42-20-10-12-22-46(42)50(47(43)33-41,36-14-4-1-5-15-36)37-16-6-2-7-17-37/h1-9,11-12,14-19,21-22,24-33H,10,20H2. The van der Waals surface area contributed by atoms with Crippen molar-refractivity contribution in [2.24, 2.45) is 0 Å². The average molecular weight is 676 g/mol. The first-order valence-electron chi connectivity index (χ1n) is 18.1. The third-order valence-electron chi connectivity index (χ3n) is 11.0. The Kier molecular flexibility index (Phi) is 7.14. The van der Waals surface area contributed by atoms with Gasteiger partial charge >= 0.3 is 0 Å². The van der Waals surface area contributed by atoms with Crippen LogP contribution < -0.4 is 4.90 Å². The van der Waals surface area contributed by atoms with Crippen LogP contribution in [0, 0.1) is 23.5 Å². The average Bonchev–Trinajstić information content (AvgIpc) is 3.72. The Hall–Kier alpha value is -7.07. The fraction of sp³-hybridized carbons (Fsp3) is 0.0600. The molecule has 2 aliphatic carbocycles. The normalized spacial score (nSPS) is 14.1. The largest absolute Gasteiger partial charge is 0.310 e. The zero-order valence-electron chi connectivity index (χ0n) is 29.0. The third kappa shape index (κ3) is 4.69. The molecule has 0 unspecified atom stereocenters. The van der Waals surface area contributed by atoms with E-state index in [4.69, 9.17) is 0 Å². The summed E-state index contributed by atoms with van der Waals surface area (Å²) >= 11 is 0. The van der Waals surface area contributed by atoms with Crippen molar-refractivity contribution in [2.75, 3.05) is 4.90 Å². The Bertz CT molecular complexity index is 2730. The van der Waals surface area contributed by atoms with Gasteiger partial charge in [0, 0.05) is 33.5 Å². The van der Waals surface area contributed by atoms with Gasteiger partial charge in [-0.25, -0.2) is 0 Å². The van der Waals surface area contributed by atoms with E-state index in [1.165, 1.54) is 33.4 Å². The molecule has 3 heteroatoms. The number of nitriles is 1. The van der Waals surface area contributed by atoms with Crippen LogP contribution in [0.15, 0.2) is 182 Å². The van der Waals surface area contributed by atoms with E-state index in [-0.39, 0.29) is 0 Å². The van der Waals surface area contributed by atoms with Crippen molar-refractivity contribution >= 4 is 44.4 Å². The summed E-state index contributed by atoms with van der Waals surface area (Å²) in [5.41, 5.74) is 14.3. The number of hydrogen-bond acceptors (Lipinski definition) is 2. The SMILES string of the molecule is N#Cc1ccc(N(c2ccc3c(c2)C(c2ccccc2)(c2ccccc2)C2=C3CCC=C2)c2ccc3c(c2)c2ccc#cc2n3-c2ccccc2)cc1. The van der Waals surface area contributed by atoms with E-state index in [0.717, 1.165) is 57.4 Å². The molecule has 0 aliphatic heterocycles. The van der Waals surface area contributed by atoms with Crippen LogP contribution in [0.4, 0.5) is 17.1 Å². The van der Waals surface area contributed by atoms with Gasteiger partial charge in [-0.3, -0.25) is 0 Å². The molecule has 8 aromatic rings. The lowest BCUT2D eigenvalue weighted by atomic mass is 9.66. The van der Waals surface area contributed by atoms with Gasteiger partial charge in [0.2, 0.25) is 0 Å². The number of anilines is 3. The highest BCUT2D eigenvalue weighted by molar-refractivity contribution is 6.10. The van der Waals surface area contributed by atoms with Crippen molar-refractivity contribution < 1.29 is 0 Å². The van der Waals surface area contributed by atoms with Crippen LogP contribution in [-0.4, -0.2) is 4.57 Å². The lowest BCUT2D eigenvalue weighted by Crippen LogP contribution is -2.29. The van der Waals surface area contributed by atoms with Gasteiger partial charge in [0.15, 0.2) is 0 Å². The first-order chi connectivity index (χ1) is 26.3. The van der Waals surface area contributed by atoms with Gasteiger partial charge < -0.3 is 9.47 Å². The van der Waals surface area contributed by atoms with Gasteiger partial charge in [0.25, 0.3) is 0 Å². The first kappa shape index (κ1) is 30.7. The summed E-state index contributed by atoms with van der Waals surface area (Å²) in [5, 5.41) is 12.0. The molecule has 0 radical (unpaired) electrons. The summed E-state index contributed by atoms with van der Waals surface area (Å²) in [6.07, 6.45) is 6.76. The summed E-state index contributed by atoms with van der Waals surface area (Å²) in [6.45, 7) is 0. The molecule has 3 nitrogen and oxygen atoms in total. The fourth-order valence-corrected chi connectivity index (χ4v) is 8.80. The molecule has 0 spiro atoms. The monoisotopic (exact) mass is 675 g/mol. The van der Waals surface area contributed by atoms with E-state index in [1.807, 2.05) is 24.3 Å². The van der Waals surface area contributed by atoms with Gasteiger partial charge in [-0.15, -0.1) is 0 Å². The maximum absolute atomic E-state index is 9.72. The second kappa shape index (κ2) is 12.3. The molecule has 10 rings (SSSR count). The van der Waals surface area contributed by atoms with Crippen LogP contribution in [0.2, 0.25) is 0 Å². The molecule has 0 N–H and O–H groups in total. The second-order valence-corrected chi connectivity index (χ2v) is 13.8. The molecule has 0 bridgehead atoms. The number of nitrogens with zero attached hydrogens (tertiary/aromatic N) is 3. The van der Waals surface area contributed by atoms with Crippen molar-refractivity contribution in [1.82, 2.24) is 4.57 Å². The molecule has 1 aromatic heterocycles. The third-order valence-corrected chi connectivity index (χ3v) is 11.0. The highest BCUT2D eigenvalue weighted by Gasteiger charge is 2.47. The van der Waals surface area contributed by atoms with Crippen molar-refractivity contribution in [3.05, 3.63) is 221 Å². The lowest BCUT2D eigenvalue weighted by Gasteiger charge is -2.36. The molecule has 0 saturated heterocycles. The van der Waals surface area contributed by atoms with Crippen LogP contribution in [0.1, 0.15) is 40.7 Å². The number of fused-ring (bicyclic) bond motifs is 5. The Morgan fingerprint density at radius 2 is 1.32 bits per heavy atom. The van der Waals surface area contributed by atoms with Gasteiger partial charge in [0.1, 0.15) is 5.52 Å². The van der Waals surface area contributed by atoms with Gasteiger partial charge in [-0.1, -0.05) is 103 Å². The van der Waals surface area contributed by atoms with Crippen LogP contribution in [0.25, 0.3) is 33.1 Å². The summed E-state index contributed by atoms with van der Waals surface area (Å²) in [4.78, 5) is 2.33. The van der Waals surface area contributed by atoms with E-state index in [2.05, 4.69) is 179 Å². The summed E-state index contributed by atoms with van der Waals surface area (Å²) in [6, 6.07) is 67.1. The smallest absolute Gasteiger partial charge is 0.105 e. The number of allylic oxidation sites excluding steroid dienone is 4. The van der Waals surface area contributed by atoms with E-state index in [9.17, 15) is 5.26 Å². The molecular weight excluding hydrogens is 643 g/mol. The van der Waals surface area contributed by atoms with E-state index >= 15 is 0 Å². The predicted molar refractivity (Wildman–Crippen MR) is 216 cm³/mol. The maximum atomic E-state index is 9.72. The topological polar surface area (TPSA) is 32.0 Å². The molecule has 0 saturated carbocycles. The number of aromatic nitrogens is 1. The molecule has 248 valence electrons. The van der Waals surface area contributed by atoms with E-state index < -0.39 is 5.41 Å². The molecule has 1 heterocycles.